The summed E-state index contributed by atoms with van der Waals surface area (Å²) in [7, 11) is 0. The van der Waals surface area contributed by atoms with Crippen LogP contribution in [-0.4, -0.2) is 28.8 Å². The van der Waals surface area contributed by atoms with Gasteiger partial charge in [-0.15, -0.1) is 11.8 Å². The van der Waals surface area contributed by atoms with E-state index in [2.05, 4.69) is 10.6 Å². The minimum absolute atomic E-state index is 0.00648. The smallest absolute Gasteiger partial charge is 0.221 e. The monoisotopic (exact) mass is 506 g/mol. The molecule has 1 fully saturated rings. The zero-order chi connectivity index (χ0) is 25.5. The lowest BCUT2D eigenvalue weighted by Gasteiger charge is -2.36. The highest BCUT2D eigenvalue weighted by molar-refractivity contribution is 7.99. The molecule has 2 amide bonds. The Balaban J connectivity index is 1.51. The summed E-state index contributed by atoms with van der Waals surface area (Å²) in [5.41, 5.74) is 4.15. The minimum atomic E-state index is -0.595. The van der Waals surface area contributed by atoms with Gasteiger partial charge in [-0.2, -0.15) is 0 Å². The van der Waals surface area contributed by atoms with Crippen molar-refractivity contribution in [2.24, 2.45) is 0 Å². The molecule has 36 heavy (non-hydrogen) atoms. The third-order valence-electron chi connectivity index (χ3n) is 5.70. The molecule has 8 heteroatoms. The van der Waals surface area contributed by atoms with Crippen LogP contribution in [0.1, 0.15) is 49.4 Å². The topological polar surface area (TPSA) is 96.9 Å². The molecule has 3 N–H and O–H groups in total. The largest absolute Gasteiger partial charge is 0.392 e. The zero-order valence-corrected chi connectivity index (χ0v) is 21.1. The average molecular weight is 507 g/mol. The number of benzene rings is 3. The third kappa shape index (κ3) is 7.18. The number of carbonyl (C=O) groups is 2. The number of ether oxygens (including phenoxy) is 2. The van der Waals surface area contributed by atoms with E-state index < -0.39 is 6.29 Å². The molecule has 3 aromatic carbocycles. The number of anilines is 2. The summed E-state index contributed by atoms with van der Waals surface area (Å²) in [5.74, 6) is 0.478. The van der Waals surface area contributed by atoms with Gasteiger partial charge in [-0.25, -0.2) is 0 Å². The predicted octanol–water partition coefficient (Wildman–Crippen LogP) is 5.43. The van der Waals surface area contributed by atoms with Crippen molar-refractivity contribution in [2.75, 3.05) is 16.4 Å². The first-order valence-corrected chi connectivity index (χ1v) is 12.8. The van der Waals surface area contributed by atoms with Gasteiger partial charge in [0.15, 0.2) is 6.29 Å². The molecule has 1 saturated heterocycles. The highest BCUT2D eigenvalue weighted by Crippen LogP contribution is 2.40. The van der Waals surface area contributed by atoms with Gasteiger partial charge in [-0.3, -0.25) is 9.59 Å². The van der Waals surface area contributed by atoms with E-state index in [1.807, 2.05) is 72.8 Å². The number of nitrogens with one attached hydrogen (secondary N) is 2. The minimum Gasteiger partial charge on any atom is -0.392 e. The molecule has 0 aliphatic carbocycles. The molecule has 0 bridgehead atoms. The fourth-order valence-electron chi connectivity index (χ4n) is 4.02. The van der Waals surface area contributed by atoms with Gasteiger partial charge >= 0.3 is 0 Å². The van der Waals surface area contributed by atoms with Crippen molar-refractivity contribution in [3.63, 3.8) is 0 Å². The first kappa shape index (κ1) is 25.9. The number of hydrogen-bond acceptors (Lipinski definition) is 6. The van der Waals surface area contributed by atoms with Crippen molar-refractivity contribution in [1.82, 2.24) is 0 Å². The Labute approximate surface area is 215 Å². The van der Waals surface area contributed by atoms with E-state index in [1.54, 1.807) is 11.8 Å². The molecule has 0 aromatic heterocycles. The number of rotatable bonds is 8. The lowest BCUT2D eigenvalue weighted by molar-refractivity contribution is -0.245. The molecule has 7 nitrogen and oxygen atoms in total. The van der Waals surface area contributed by atoms with E-state index >= 15 is 0 Å². The summed E-state index contributed by atoms with van der Waals surface area (Å²) in [6.45, 7) is 2.96. The van der Waals surface area contributed by atoms with Gasteiger partial charge in [0, 0.05) is 47.9 Å². The zero-order valence-electron chi connectivity index (χ0n) is 20.3. The van der Waals surface area contributed by atoms with Gasteiger partial charge in [0.2, 0.25) is 11.8 Å². The second-order valence-corrected chi connectivity index (χ2v) is 9.77. The summed E-state index contributed by atoms with van der Waals surface area (Å²) in [6.07, 6.45) is -0.191. The molecule has 0 saturated carbocycles. The summed E-state index contributed by atoms with van der Waals surface area (Å²) in [4.78, 5) is 23.9. The highest BCUT2D eigenvalue weighted by Gasteiger charge is 2.32. The van der Waals surface area contributed by atoms with Crippen LogP contribution in [-0.2, 0) is 25.7 Å². The molecular weight excluding hydrogens is 476 g/mol. The maximum absolute atomic E-state index is 11.5. The van der Waals surface area contributed by atoms with Crippen molar-refractivity contribution in [2.45, 2.75) is 50.3 Å². The van der Waals surface area contributed by atoms with Crippen LogP contribution in [0, 0.1) is 0 Å². The molecule has 3 unspecified atom stereocenters. The van der Waals surface area contributed by atoms with Gasteiger partial charge in [-0.1, -0.05) is 36.4 Å². The number of carbonyl (C=O) groups excluding carboxylic acids is 2. The second-order valence-electron chi connectivity index (χ2n) is 8.67. The van der Waals surface area contributed by atoms with E-state index in [-0.39, 0.29) is 30.6 Å². The van der Waals surface area contributed by atoms with Gasteiger partial charge < -0.3 is 25.2 Å². The molecule has 0 spiro atoms. The Kier molecular flexibility index (Phi) is 8.77. The molecule has 3 atom stereocenters. The van der Waals surface area contributed by atoms with E-state index in [4.69, 9.17) is 9.47 Å². The molecule has 1 aliphatic heterocycles. The van der Waals surface area contributed by atoms with Crippen molar-refractivity contribution in [3.8, 4) is 0 Å². The fourth-order valence-corrected chi connectivity index (χ4v) is 4.94. The van der Waals surface area contributed by atoms with Crippen LogP contribution in [0.5, 0.6) is 0 Å². The molecule has 188 valence electrons. The molecule has 0 radical (unpaired) electrons. The summed E-state index contributed by atoms with van der Waals surface area (Å²) in [5, 5.41) is 15.0. The Bertz CT molecular complexity index is 1180. The predicted molar refractivity (Wildman–Crippen MR) is 141 cm³/mol. The third-order valence-corrected chi connectivity index (χ3v) is 6.85. The highest BCUT2D eigenvalue weighted by atomic mass is 32.2. The molecule has 3 aromatic rings. The summed E-state index contributed by atoms with van der Waals surface area (Å²) in [6, 6.07) is 23.0. The van der Waals surface area contributed by atoms with Gasteiger partial charge in [0.25, 0.3) is 0 Å². The maximum Gasteiger partial charge on any atom is 0.221 e. The Morgan fingerprint density at radius 3 is 2.25 bits per heavy atom. The van der Waals surface area contributed by atoms with Crippen molar-refractivity contribution in [3.05, 3.63) is 89.5 Å². The second kappa shape index (κ2) is 12.2. The number of amides is 2. The van der Waals surface area contributed by atoms with Crippen LogP contribution in [0.15, 0.2) is 77.7 Å². The van der Waals surface area contributed by atoms with Crippen LogP contribution in [0.3, 0.4) is 0 Å². The summed E-state index contributed by atoms with van der Waals surface area (Å²) >= 11 is 1.68. The SMILES string of the molecule is CC(=O)Nc1ccc(SCC2CC(c3ccc(CO)cc3)OC(c3cccc(NC(C)=O)c3)O2)cc1. The molecule has 1 aliphatic rings. The molecule has 1 heterocycles. The van der Waals surface area contributed by atoms with Gasteiger partial charge in [0.1, 0.15) is 0 Å². The van der Waals surface area contributed by atoms with Gasteiger partial charge in [0.05, 0.1) is 18.8 Å². The number of aliphatic hydroxyl groups is 1. The van der Waals surface area contributed by atoms with Crippen molar-refractivity contribution < 1.29 is 24.2 Å². The van der Waals surface area contributed by atoms with Crippen molar-refractivity contribution >= 4 is 35.0 Å². The molecule has 4 rings (SSSR count). The van der Waals surface area contributed by atoms with E-state index in [0.29, 0.717) is 12.1 Å². The van der Waals surface area contributed by atoms with Crippen molar-refractivity contribution in [1.29, 1.82) is 0 Å². The average Bonchev–Trinajstić information content (AvgIpc) is 2.87. The van der Waals surface area contributed by atoms with E-state index in [1.165, 1.54) is 13.8 Å². The maximum atomic E-state index is 11.5. The first-order chi connectivity index (χ1) is 17.4. The Morgan fingerprint density at radius 1 is 0.889 bits per heavy atom. The lowest BCUT2D eigenvalue weighted by Crippen LogP contribution is -2.31. The Hall–Kier alpha value is -3.17. The summed E-state index contributed by atoms with van der Waals surface area (Å²) < 4.78 is 12.8. The van der Waals surface area contributed by atoms with E-state index in [9.17, 15) is 14.7 Å². The fraction of sp³-hybridized carbons (Fsp3) is 0.286. The number of aliphatic hydroxyl groups excluding tert-OH is 1. The standard InChI is InChI=1S/C28H30N2O5S/c1-18(32)29-23-10-12-26(13-11-23)36-17-25-15-27(21-8-6-20(16-31)7-9-21)35-28(34-25)22-4-3-5-24(14-22)30-19(2)33/h3-14,25,27-28,31H,15-17H2,1-2H3,(H,29,32)(H,30,33). The lowest BCUT2D eigenvalue weighted by atomic mass is 10.0. The van der Waals surface area contributed by atoms with Crippen LogP contribution >= 0.6 is 11.8 Å². The van der Waals surface area contributed by atoms with Crippen LogP contribution < -0.4 is 10.6 Å². The number of hydrogen-bond donors (Lipinski definition) is 3. The van der Waals surface area contributed by atoms with Crippen LogP contribution in [0.2, 0.25) is 0 Å². The normalized spacial score (nSPS) is 19.5. The van der Waals surface area contributed by atoms with Gasteiger partial charge in [-0.05, 0) is 47.5 Å². The van der Waals surface area contributed by atoms with E-state index in [0.717, 1.165) is 33.0 Å². The van der Waals surface area contributed by atoms with Crippen LogP contribution in [0.4, 0.5) is 11.4 Å². The quantitative estimate of drug-likeness (QED) is 0.353. The number of thioether (sulfide) groups is 1. The molecular formula is C28H30N2O5S. The first-order valence-electron chi connectivity index (χ1n) is 11.8. The van der Waals surface area contributed by atoms with Crippen LogP contribution in [0.25, 0.3) is 0 Å². The Morgan fingerprint density at radius 2 is 1.58 bits per heavy atom.